The van der Waals surface area contributed by atoms with E-state index < -0.39 is 5.91 Å². The third-order valence-electron chi connectivity index (χ3n) is 5.41. The molecule has 1 aliphatic rings. The highest BCUT2D eigenvalue weighted by Gasteiger charge is 2.27. The summed E-state index contributed by atoms with van der Waals surface area (Å²) < 4.78 is 26.9. The first-order chi connectivity index (χ1) is 14.5. The molecule has 0 atom stereocenters. The SMILES string of the molecule is NC(=O)c1cc(N2CCN(C(c3ccc(F)cc3)c3ccc(F)cc3)CC2)ccn1. The Kier molecular flexibility index (Phi) is 5.72. The molecule has 30 heavy (non-hydrogen) atoms. The number of halogens is 2. The predicted molar refractivity (Wildman–Crippen MR) is 111 cm³/mol. The average Bonchev–Trinajstić information content (AvgIpc) is 2.77. The number of nitrogens with two attached hydrogens (primary N) is 1. The summed E-state index contributed by atoms with van der Waals surface area (Å²) in [6.07, 6.45) is 1.58. The van der Waals surface area contributed by atoms with Gasteiger partial charge >= 0.3 is 0 Å². The molecule has 5 nitrogen and oxygen atoms in total. The van der Waals surface area contributed by atoms with Crippen LogP contribution in [0.1, 0.15) is 27.7 Å². The molecule has 1 fully saturated rings. The van der Waals surface area contributed by atoms with E-state index in [2.05, 4.69) is 14.8 Å². The van der Waals surface area contributed by atoms with Crippen molar-refractivity contribution >= 4 is 11.6 Å². The lowest BCUT2D eigenvalue weighted by molar-refractivity contribution is 0.0995. The van der Waals surface area contributed by atoms with E-state index in [0.717, 1.165) is 43.0 Å². The zero-order valence-corrected chi connectivity index (χ0v) is 16.3. The minimum Gasteiger partial charge on any atom is -0.369 e. The number of carbonyl (C=O) groups excluding carboxylic acids is 1. The predicted octanol–water partition coefficient (Wildman–Crippen LogP) is 3.37. The van der Waals surface area contributed by atoms with Gasteiger partial charge in [-0.05, 0) is 47.5 Å². The molecule has 7 heteroatoms. The van der Waals surface area contributed by atoms with Crippen molar-refractivity contribution < 1.29 is 13.6 Å². The largest absolute Gasteiger partial charge is 0.369 e. The van der Waals surface area contributed by atoms with Crippen molar-refractivity contribution in [1.29, 1.82) is 0 Å². The Balaban J connectivity index is 1.56. The molecule has 1 amide bonds. The summed E-state index contributed by atoms with van der Waals surface area (Å²) >= 11 is 0. The lowest BCUT2D eigenvalue weighted by Gasteiger charge is -2.40. The van der Waals surface area contributed by atoms with Crippen LogP contribution in [0.2, 0.25) is 0 Å². The molecule has 0 radical (unpaired) electrons. The molecule has 1 saturated heterocycles. The average molecular weight is 408 g/mol. The summed E-state index contributed by atoms with van der Waals surface area (Å²) in [6, 6.07) is 16.4. The number of primary amides is 1. The standard InChI is InChI=1S/C23H22F2N4O/c24-18-5-1-16(2-6-18)22(17-3-7-19(25)8-4-17)29-13-11-28(12-14-29)20-9-10-27-21(15-20)23(26)30/h1-10,15,22H,11-14H2,(H2,26,30). The van der Waals surface area contributed by atoms with Crippen LogP contribution in [0.3, 0.4) is 0 Å². The number of benzene rings is 2. The normalized spacial score (nSPS) is 14.8. The van der Waals surface area contributed by atoms with Crippen molar-refractivity contribution in [1.82, 2.24) is 9.88 Å². The monoisotopic (exact) mass is 408 g/mol. The smallest absolute Gasteiger partial charge is 0.267 e. The van der Waals surface area contributed by atoms with E-state index in [4.69, 9.17) is 5.73 Å². The van der Waals surface area contributed by atoms with Gasteiger partial charge in [0.05, 0.1) is 6.04 Å². The molecule has 1 aromatic heterocycles. The van der Waals surface area contributed by atoms with Gasteiger partial charge in [0.15, 0.2) is 0 Å². The number of hydrogen-bond donors (Lipinski definition) is 1. The maximum Gasteiger partial charge on any atom is 0.267 e. The first kappa shape index (κ1) is 20.0. The van der Waals surface area contributed by atoms with E-state index in [9.17, 15) is 13.6 Å². The van der Waals surface area contributed by atoms with E-state index in [0.29, 0.717) is 0 Å². The van der Waals surface area contributed by atoms with Gasteiger partial charge in [-0.15, -0.1) is 0 Å². The Labute approximate surface area is 173 Å². The minimum atomic E-state index is -0.553. The quantitative estimate of drug-likeness (QED) is 0.703. The summed E-state index contributed by atoms with van der Waals surface area (Å²) in [5.74, 6) is -1.13. The van der Waals surface area contributed by atoms with Crippen LogP contribution in [-0.4, -0.2) is 42.0 Å². The first-order valence-electron chi connectivity index (χ1n) is 9.77. The van der Waals surface area contributed by atoms with Crippen LogP contribution >= 0.6 is 0 Å². The van der Waals surface area contributed by atoms with Gasteiger partial charge in [0.2, 0.25) is 0 Å². The summed E-state index contributed by atoms with van der Waals surface area (Å²) in [4.78, 5) is 19.9. The molecule has 154 valence electrons. The summed E-state index contributed by atoms with van der Waals surface area (Å²) in [5, 5.41) is 0. The van der Waals surface area contributed by atoms with Crippen molar-refractivity contribution in [3.63, 3.8) is 0 Å². The number of carbonyl (C=O) groups is 1. The maximum absolute atomic E-state index is 13.5. The Morgan fingerprint density at radius 3 is 1.90 bits per heavy atom. The second-order valence-corrected chi connectivity index (χ2v) is 7.29. The number of anilines is 1. The van der Waals surface area contributed by atoms with Gasteiger partial charge in [0, 0.05) is 38.1 Å². The lowest BCUT2D eigenvalue weighted by atomic mass is 9.96. The number of nitrogens with zero attached hydrogens (tertiary/aromatic N) is 3. The van der Waals surface area contributed by atoms with Gasteiger partial charge < -0.3 is 10.6 Å². The van der Waals surface area contributed by atoms with E-state index in [-0.39, 0.29) is 23.4 Å². The van der Waals surface area contributed by atoms with Crippen molar-refractivity contribution in [3.05, 3.63) is 95.3 Å². The molecule has 0 aliphatic carbocycles. The number of aromatic nitrogens is 1. The highest BCUT2D eigenvalue weighted by atomic mass is 19.1. The van der Waals surface area contributed by atoms with Crippen LogP contribution in [0.4, 0.5) is 14.5 Å². The number of piperazine rings is 1. The fourth-order valence-corrected chi connectivity index (χ4v) is 3.89. The van der Waals surface area contributed by atoms with Crippen LogP contribution in [0.5, 0.6) is 0 Å². The highest BCUT2D eigenvalue weighted by molar-refractivity contribution is 5.91. The van der Waals surface area contributed by atoms with Crippen LogP contribution in [-0.2, 0) is 0 Å². The van der Waals surface area contributed by atoms with Gasteiger partial charge in [-0.2, -0.15) is 0 Å². The summed E-state index contributed by atoms with van der Waals surface area (Å²) in [7, 11) is 0. The Bertz CT molecular complexity index is 971. The van der Waals surface area contributed by atoms with E-state index >= 15 is 0 Å². The molecule has 3 aromatic rings. The molecule has 2 N–H and O–H groups in total. The van der Waals surface area contributed by atoms with Crippen LogP contribution in [0, 0.1) is 11.6 Å². The second kappa shape index (κ2) is 8.59. The number of pyridine rings is 1. The van der Waals surface area contributed by atoms with Gasteiger partial charge in [-0.1, -0.05) is 24.3 Å². The van der Waals surface area contributed by atoms with Crippen LogP contribution in [0.15, 0.2) is 66.9 Å². The molecular weight excluding hydrogens is 386 g/mol. The Morgan fingerprint density at radius 2 is 1.40 bits per heavy atom. The summed E-state index contributed by atoms with van der Waals surface area (Å²) in [6.45, 7) is 2.96. The maximum atomic E-state index is 13.5. The Morgan fingerprint density at radius 1 is 0.867 bits per heavy atom. The van der Waals surface area contributed by atoms with Crippen molar-refractivity contribution in [2.45, 2.75) is 6.04 Å². The van der Waals surface area contributed by atoms with Gasteiger partial charge in [0.25, 0.3) is 5.91 Å². The number of rotatable bonds is 5. The first-order valence-corrected chi connectivity index (χ1v) is 9.77. The van der Waals surface area contributed by atoms with Crippen LogP contribution < -0.4 is 10.6 Å². The van der Waals surface area contributed by atoms with Crippen molar-refractivity contribution in [2.75, 3.05) is 31.1 Å². The van der Waals surface area contributed by atoms with Gasteiger partial charge in [-0.25, -0.2) is 8.78 Å². The van der Waals surface area contributed by atoms with E-state index in [1.165, 1.54) is 24.3 Å². The van der Waals surface area contributed by atoms with Crippen molar-refractivity contribution in [2.24, 2.45) is 5.73 Å². The molecular formula is C23H22F2N4O. The zero-order valence-electron chi connectivity index (χ0n) is 16.3. The third kappa shape index (κ3) is 4.31. The number of hydrogen-bond acceptors (Lipinski definition) is 4. The molecule has 4 rings (SSSR count). The van der Waals surface area contributed by atoms with E-state index in [1.807, 2.05) is 6.07 Å². The third-order valence-corrected chi connectivity index (χ3v) is 5.41. The molecule has 0 spiro atoms. The number of amides is 1. The second-order valence-electron chi connectivity index (χ2n) is 7.29. The molecule has 1 aliphatic heterocycles. The molecule has 2 heterocycles. The van der Waals surface area contributed by atoms with Crippen LogP contribution in [0.25, 0.3) is 0 Å². The fraction of sp³-hybridized carbons (Fsp3) is 0.217. The summed E-state index contributed by atoms with van der Waals surface area (Å²) in [5.41, 5.74) is 8.39. The molecule has 0 bridgehead atoms. The van der Waals surface area contributed by atoms with Gasteiger partial charge in [0.1, 0.15) is 17.3 Å². The molecule has 2 aromatic carbocycles. The Hall–Kier alpha value is -3.32. The van der Waals surface area contributed by atoms with Gasteiger partial charge in [-0.3, -0.25) is 14.7 Å². The zero-order chi connectivity index (χ0) is 21.1. The van der Waals surface area contributed by atoms with E-state index in [1.54, 1.807) is 36.5 Å². The molecule has 0 saturated carbocycles. The lowest BCUT2D eigenvalue weighted by Crippen LogP contribution is -2.48. The molecule has 0 unspecified atom stereocenters. The van der Waals surface area contributed by atoms with Crippen molar-refractivity contribution in [3.8, 4) is 0 Å². The topological polar surface area (TPSA) is 62.5 Å². The fourth-order valence-electron chi connectivity index (χ4n) is 3.89. The minimum absolute atomic E-state index is 0.105. The highest BCUT2D eigenvalue weighted by Crippen LogP contribution is 2.31.